The van der Waals surface area contributed by atoms with Gasteiger partial charge in [0.15, 0.2) is 0 Å². The average Bonchev–Trinajstić information content (AvgIpc) is 3.08. The number of carbonyl (C=O) groups excluding carboxylic acids is 2. The van der Waals surface area contributed by atoms with Crippen LogP contribution in [0.3, 0.4) is 0 Å². The lowest BCUT2D eigenvalue weighted by molar-refractivity contribution is -0.148. The van der Waals surface area contributed by atoms with Crippen molar-refractivity contribution in [3.05, 3.63) is 23.8 Å². The number of amides is 1. The van der Waals surface area contributed by atoms with Gasteiger partial charge < -0.3 is 10.1 Å². The number of aryl methyl sites for hydroxylation is 1. The second-order valence-electron chi connectivity index (χ2n) is 5.92. The summed E-state index contributed by atoms with van der Waals surface area (Å²) in [7, 11) is 1.40. The van der Waals surface area contributed by atoms with E-state index in [9.17, 15) is 9.59 Å². The lowest BCUT2D eigenvalue weighted by Gasteiger charge is -2.29. The summed E-state index contributed by atoms with van der Waals surface area (Å²) >= 11 is 0. The van der Waals surface area contributed by atoms with Crippen LogP contribution in [0.5, 0.6) is 0 Å². The molecule has 1 aromatic heterocycles. The zero-order valence-electron chi connectivity index (χ0n) is 12.2. The van der Waals surface area contributed by atoms with Gasteiger partial charge in [0.05, 0.1) is 24.9 Å². The predicted octanol–water partition coefficient (Wildman–Crippen LogP) is 1.10. The first kappa shape index (κ1) is 14.0. The van der Waals surface area contributed by atoms with Crippen LogP contribution in [0.1, 0.15) is 35.4 Å². The smallest absolute Gasteiger partial charge is 0.311 e. The van der Waals surface area contributed by atoms with Crippen LogP contribution in [0, 0.1) is 24.7 Å². The summed E-state index contributed by atoms with van der Waals surface area (Å²) in [5, 5.41) is 2.97. The van der Waals surface area contributed by atoms with Gasteiger partial charge in [0, 0.05) is 12.2 Å². The van der Waals surface area contributed by atoms with E-state index in [1.54, 1.807) is 6.20 Å². The van der Waals surface area contributed by atoms with Crippen LogP contribution < -0.4 is 5.32 Å². The summed E-state index contributed by atoms with van der Waals surface area (Å²) in [4.78, 5) is 32.4. The van der Waals surface area contributed by atoms with Crippen molar-refractivity contribution in [2.45, 2.75) is 32.2 Å². The van der Waals surface area contributed by atoms with Gasteiger partial charge in [0.2, 0.25) is 0 Å². The Morgan fingerprint density at radius 1 is 1.24 bits per heavy atom. The van der Waals surface area contributed by atoms with Crippen molar-refractivity contribution >= 4 is 11.9 Å². The number of nitrogens with one attached hydrogen (secondary N) is 1. The van der Waals surface area contributed by atoms with Crippen molar-refractivity contribution < 1.29 is 14.3 Å². The fourth-order valence-electron chi connectivity index (χ4n) is 3.71. The van der Waals surface area contributed by atoms with E-state index in [2.05, 4.69) is 15.3 Å². The Morgan fingerprint density at radius 2 is 2.00 bits per heavy atom. The first-order chi connectivity index (χ1) is 10.1. The summed E-state index contributed by atoms with van der Waals surface area (Å²) in [6.07, 6.45) is 6.12. The standard InChI is InChI=1S/C15H19N3O3/c1-8-6-17-11(7-16-8)14(19)18-13-10-4-3-9(5-10)12(13)15(20)21-2/h6-7,9-10,12-13H,3-5H2,1-2H3,(H,18,19)/t9-,10-,12-,13+/m0/s1. The lowest BCUT2D eigenvalue weighted by Crippen LogP contribution is -2.47. The zero-order valence-corrected chi connectivity index (χ0v) is 12.2. The van der Waals surface area contributed by atoms with Gasteiger partial charge >= 0.3 is 5.97 Å². The number of fused-ring (bicyclic) bond motifs is 2. The molecular weight excluding hydrogens is 270 g/mol. The molecule has 1 aromatic rings. The van der Waals surface area contributed by atoms with Crippen molar-refractivity contribution in [2.75, 3.05) is 7.11 Å². The van der Waals surface area contributed by atoms with E-state index in [0.717, 1.165) is 25.0 Å². The van der Waals surface area contributed by atoms with E-state index in [4.69, 9.17) is 4.74 Å². The van der Waals surface area contributed by atoms with Crippen LogP contribution in [-0.4, -0.2) is 35.0 Å². The minimum Gasteiger partial charge on any atom is -0.469 e. The molecule has 4 atom stereocenters. The van der Waals surface area contributed by atoms with Crippen molar-refractivity contribution in [3.8, 4) is 0 Å². The largest absolute Gasteiger partial charge is 0.469 e. The minimum atomic E-state index is -0.269. The molecule has 1 N–H and O–H groups in total. The Balaban J connectivity index is 1.75. The van der Waals surface area contributed by atoms with Crippen LogP contribution >= 0.6 is 0 Å². The Hall–Kier alpha value is -1.98. The second-order valence-corrected chi connectivity index (χ2v) is 5.92. The first-order valence-electron chi connectivity index (χ1n) is 7.27. The van der Waals surface area contributed by atoms with Crippen molar-refractivity contribution in [2.24, 2.45) is 17.8 Å². The van der Waals surface area contributed by atoms with Gasteiger partial charge in [-0.15, -0.1) is 0 Å². The number of carbonyl (C=O) groups is 2. The van der Waals surface area contributed by atoms with Crippen LogP contribution in [0.25, 0.3) is 0 Å². The molecule has 21 heavy (non-hydrogen) atoms. The van der Waals surface area contributed by atoms with Gasteiger partial charge in [-0.05, 0) is 38.0 Å². The molecule has 6 nitrogen and oxygen atoms in total. The Bertz CT molecular complexity index is 558. The third-order valence-corrected chi connectivity index (χ3v) is 4.70. The van der Waals surface area contributed by atoms with Gasteiger partial charge in [-0.25, -0.2) is 4.98 Å². The molecule has 0 aliphatic heterocycles. The van der Waals surface area contributed by atoms with Gasteiger partial charge in [-0.3, -0.25) is 14.6 Å². The summed E-state index contributed by atoms with van der Waals surface area (Å²) in [5.74, 6) is -0.0224. The maximum Gasteiger partial charge on any atom is 0.311 e. The van der Waals surface area contributed by atoms with Crippen LogP contribution in [-0.2, 0) is 9.53 Å². The Kier molecular flexibility index (Phi) is 3.61. The summed E-state index contributed by atoms with van der Waals surface area (Å²) in [6.45, 7) is 1.82. The average molecular weight is 289 g/mol. The monoisotopic (exact) mass is 289 g/mol. The van der Waals surface area contributed by atoms with Crippen LogP contribution in [0.4, 0.5) is 0 Å². The molecule has 2 fully saturated rings. The number of aromatic nitrogens is 2. The molecule has 0 unspecified atom stereocenters. The molecule has 112 valence electrons. The van der Waals surface area contributed by atoms with E-state index >= 15 is 0 Å². The van der Waals surface area contributed by atoms with E-state index in [-0.39, 0.29) is 29.5 Å². The van der Waals surface area contributed by atoms with Crippen molar-refractivity contribution in [1.29, 1.82) is 0 Å². The molecule has 3 rings (SSSR count). The SMILES string of the molecule is COC(=O)[C@H]1[C@H]2CC[C@@H](C2)[C@H]1NC(=O)c1cnc(C)cn1. The highest BCUT2D eigenvalue weighted by molar-refractivity contribution is 5.92. The zero-order chi connectivity index (χ0) is 15.0. The minimum absolute atomic E-state index is 0.146. The normalized spacial score (nSPS) is 30.2. The molecule has 2 bridgehead atoms. The number of nitrogens with zero attached hydrogens (tertiary/aromatic N) is 2. The van der Waals surface area contributed by atoms with E-state index in [1.165, 1.54) is 13.3 Å². The van der Waals surface area contributed by atoms with Crippen LogP contribution in [0.2, 0.25) is 0 Å². The van der Waals surface area contributed by atoms with E-state index < -0.39 is 0 Å². The second kappa shape index (κ2) is 5.42. The summed E-state index contributed by atoms with van der Waals surface area (Å²) in [6, 6.07) is -0.146. The van der Waals surface area contributed by atoms with Gasteiger partial charge in [-0.1, -0.05) is 0 Å². The highest BCUT2D eigenvalue weighted by Gasteiger charge is 2.52. The maximum absolute atomic E-state index is 12.3. The molecule has 0 radical (unpaired) electrons. The quantitative estimate of drug-likeness (QED) is 0.843. The number of ether oxygens (including phenoxy) is 1. The maximum atomic E-state index is 12.3. The fourth-order valence-corrected chi connectivity index (χ4v) is 3.71. The Labute approximate surface area is 123 Å². The highest BCUT2D eigenvalue weighted by atomic mass is 16.5. The molecule has 6 heteroatoms. The number of hydrogen-bond donors (Lipinski definition) is 1. The first-order valence-corrected chi connectivity index (χ1v) is 7.27. The molecule has 2 aliphatic carbocycles. The van der Waals surface area contributed by atoms with Crippen molar-refractivity contribution in [3.63, 3.8) is 0 Å². The summed E-state index contributed by atoms with van der Waals surface area (Å²) in [5.41, 5.74) is 1.05. The molecule has 2 aliphatic rings. The molecular formula is C15H19N3O3. The molecule has 0 spiro atoms. The van der Waals surface area contributed by atoms with E-state index in [0.29, 0.717) is 11.8 Å². The van der Waals surface area contributed by atoms with Gasteiger partial charge in [-0.2, -0.15) is 0 Å². The van der Waals surface area contributed by atoms with E-state index in [1.807, 2.05) is 6.92 Å². The number of rotatable bonds is 3. The molecule has 1 amide bonds. The summed E-state index contributed by atoms with van der Waals surface area (Å²) < 4.78 is 4.90. The Morgan fingerprint density at radius 3 is 2.67 bits per heavy atom. The third-order valence-electron chi connectivity index (χ3n) is 4.70. The van der Waals surface area contributed by atoms with Crippen LogP contribution in [0.15, 0.2) is 12.4 Å². The number of esters is 1. The fraction of sp³-hybridized carbons (Fsp3) is 0.600. The van der Waals surface area contributed by atoms with Crippen molar-refractivity contribution in [1.82, 2.24) is 15.3 Å². The van der Waals surface area contributed by atoms with Gasteiger partial charge in [0.25, 0.3) is 5.91 Å². The highest BCUT2D eigenvalue weighted by Crippen LogP contribution is 2.48. The number of methoxy groups -OCH3 is 1. The molecule has 0 aromatic carbocycles. The number of hydrogen-bond acceptors (Lipinski definition) is 5. The molecule has 1 heterocycles. The third kappa shape index (κ3) is 2.50. The molecule has 0 saturated heterocycles. The molecule has 2 saturated carbocycles. The predicted molar refractivity (Wildman–Crippen MR) is 74.4 cm³/mol. The lowest BCUT2D eigenvalue weighted by atomic mass is 9.84. The van der Waals surface area contributed by atoms with Gasteiger partial charge in [0.1, 0.15) is 5.69 Å². The topological polar surface area (TPSA) is 81.2 Å².